The number of nitrogens with zero attached hydrogens (tertiary/aromatic N) is 3. The number of rotatable bonds is 8. The van der Waals surface area contributed by atoms with Crippen molar-refractivity contribution >= 4 is 5.91 Å². The predicted molar refractivity (Wildman–Crippen MR) is 93.1 cm³/mol. The third-order valence-corrected chi connectivity index (χ3v) is 5.02. The Kier molecular flexibility index (Phi) is 5.89. The third-order valence-electron chi connectivity index (χ3n) is 5.02. The molecule has 3 rings (SSSR count). The summed E-state index contributed by atoms with van der Waals surface area (Å²) in [6.07, 6.45) is 7.69. The first kappa shape index (κ1) is 17.4. The van der Waals surface area contributed by atoms with Crippen LogP contribution in [0.2, 0.25) is 0 Å². The summed E-state index contributed by atoms with van der Waals surface area (Å²) >= 11 is 0. The molecule has 2 aliphatic rings. The van der Waals surface area contributed by atoms with Gasteiger partial charge in [-0.05, 0) is 45.1 Å². The summed E-state index contributed by atoms with van der Waals surface area (Å²) in [6, 6.07) is 0. The van der Waals surface area contributed by atoms with Crippen molar-refractivity contribution in [2.24, 2.45) is 0 Å². The van der Waals surface area contributed by atoms with E-state index in [-0.39, 0.29) is 12.0 Å². The Hall–Kier alpha value is -1.40. The zero-order chi connectivity index (χ0) is 16.9. The highest BCUT2D eigenvalue weighted by atomic mass is 16.3. The fourth-order valence-corrected chi connectivity index (χ4v) is 3.49. The Bertz CT molecular complexity index is 545. The molecule has 2 N–H and O–H groups in total. The maximum atomic E-state index is 12.5. The fourth-order valence-electron chi connectivity index (χ4n) is 3.49. The minimum absolute atomic E-state index is 0.0216. The maximum absolute atomic E-state index is 12.5. The summed E-state index contributed by atoms with van der Waals surface area (Å²) in [5, 5.41) is 17.0. The van der Waals surface area contributed by atoms with E-state index < -0.39 is 0 Å². The Morgan fingerprint density at radius 1 is 1.29 bits per heavy atom. The first-order valence-corrected chi connectivity index (χ1v) is 9.43. The molecule has 1 aromatic rings. The Morgan fingerprint density at radius 2 is 2.04 bits per heavy atom. The fraction of sp³-hybridized carbons (Fsp3) is 0.778. The second kappa shape index (κ2) is 8.12. The number of aryl methyl sites for hydroxylation is 1. The van der Waals surface area contributed by atoms with Crippen molar-refractivity contribution in [3.63, 3.8) is 0 Å². The van der Waals surface area contributed by atoms with Crippen molar-refractivity contribution in [3.8, 4) is 0 Å². The molecule has 134 valence electrons. The molecule has 1 aliphatic carbocycles. The number of aromatic nitrogens is 2. The molecule has 0 atom stereocenters. The second-order valence-corrected chi connectivity index (χ2v) is 7.12. The molecule has 1 saturated heterocycles. The summed E-state index contributed by atoms with van der Waals surface area (Å²) in [7, 11) is 0. The molecule has 0 aromatic carbocycles. The highest BCUT2D eigenvalue weighted by Crippen LogP contribution is 2.41. The number of hydrogen-bond donors (Lipinski definition) is 2. The van der Waals surface area contributed by atoms with Crippen LogP contribution >= 0.6 is 0 Å². The number of piperidine rings is 1. The van der Waals surface area contributed by atoms with Crippen molar-refractivity contribution in [1.29, 1.82) is 0 Å². The van der Waals surface area contributed by atoms with Gasteiger partial charge in [-0.1, -0.05) is 6.92 Å². The van der Waals surface area contributed by atoms with Crippen molar-refractivity contribution < 1.29 is 9.90 Å². The molecular weight excluding hydrogens is 304 g/mol. The minimum Gasteiger partial charge on any atom is -0.393 e. The topological polar surface area (TPSA) is 70.4 Å². The summed E-state index contributed by atoms with van der Waals surface area (Å²) in [5.41, 5.74) is 1.91. The zero-order valence-corrected chi connectivity index (χ0v) is 14.7. The molecule has 1 amide bonds. The largest absolute Gasteiger partial charge is 0.393 e. The summed E-state index contributed by atoms with van der Waals surface area (Å²) < 4.78 is 2.02. The SMILES string of the molecule is CCCn1ncc(C(=O)NCCCN2CCC(O)CC2)c1C1CC1. The monoisotopic (exact) mass is 334 g/mol. The molecular formula is C18H30N4O2. The average Bonchev–Trinajstić information content (AvgIpc) is 3.34. The number of hydrogen-bond acceptors (Lipinski definition) is 4. The van der Waals surface area contributed by atoms with Crippen LogP contribution in [0, 0.1) is 0 Å². The molecule has 0 radical (unpaired) electrons. The number of nitrogens with one attached hydrogen (secondary N) is 1. The van der Waals surface area contributed by atoms with Crippen LogP contribution in [0.5, 0.6) is 0 Å². The van der Waals surface area contributed by atoms with Crippen molar-refractivity contribution in [3.05, 3.63) is 17.5 Å². The van der Waals surface area contributed by atoms with Crippen molar-refractivity contribution in [2.75, 3.05) is 26.2 Å². The van der Waals surface area contributed by atoms with Gasteiger partial charge in [0.2, 0.25) is 0 Å². The Labute approximate surface area is 144 Å². The van der Waals surface area contributed by atoms with Crippen molar-refractivity contribution in [2.45, 2.75) is 64.0 Å². The van der Waals surface area contributed by atoms with Gasteiger partial charge in [-0.15, -0.1) is 0 Å². The lowest BCUT2D eigenvalue weighted by atomic mass is 10.1. The minimum atomic E-state index is -0.124. The zero-order valence-electron chi connectivity index (χ0n) is 14.7. The molecule has 2 heterocycles. The van der Waals surface area contributed by atoms with Crippen LogP contribution in [0.1, 0.15) is 67.4 Å². The van der Waals surface area contributed by atoms with E-state index in [0.29, 0.717) is 12.5 Å². The van der Waals surface area contributed by atoms with E-state index in [2.05, 4.69) is 22.2 Å². The molecule has 0 spiro atoms. The normalized spacial score (nSPS) is 19.6. The number of likely N-dealkylation sites (tertiary alicyclic amines) is 1. The van der Waals surface area contributed by atoms with Gasteiger partial charge in [-0.2, -0.15) is 5.10 Å². The average molecular weight is 334 g/mol. The Balaban J connectivity index is 1.45. The van der Waals surface area contributed by atoms with Crippen LogP contribution in [0.25, 0.3) is 0 Å². The van der Waals surface area contributed by atoms with Crippen molar-refractivity contribution in [1.82, 2.24) is 20.0 Å². The van der Waals surface area contributed by atoms with E-state index in [1.165, 1.54) is 12.8 Å². The lowest BCUT2D eigenvalue weighted by molar-refractivity contribution is 0.0816. The maximum Gasteiger partial charge on any atom is 0.254 e. The van der Waals surface area contributed by atoms with Gasteiger partial charge in [0.25, 0.3) is 5.91 Å². The molecule has 6 nitrogen and oxygen atoms in total. The number of carbonyl (C=O) groups is 1. The summed E-state index contributed by atoms with van der Waals surface area (Å²) in [6.45, 7) is 6.63. The van der Waals surface area contributed by atoms with E-state index in [1.54, 1.807) is 6.20 Å². The van der Waals surface area contributed by atoms with E-state index >= 15 is 0 Å². The van der Waals surface area contributed by atoms with Gasteiger partial charge in [-0.25, -0.2) is 0 Å². The molecule has 1 saturated carbocycles. The highest BCUT2D eigenvalue weighted by Gasteiger charge is 2.32. The first-order chi connectivity index (χ1) is 11.7. The van der Waals surface area contributed by atoms with Crippen LogP contribution < -0.4 is 5.32 Å². The van der Waals surface area contributed by atoms with Crippen LogP contribution in [0.3, 0.4) is 0 Å². The molecule has 0 bridgehead atoms. The quantitative estimate of drug-likeness (QED) is 0.711. The summed E-state index contributed by atoms with van der Waals surface area (Å²) in [4.78, 5) is 14.9. The van der Waals surface area contributed by atoms with Crippen LogP contribution in [0.15, 0.2) is 6.20 Å². The second-order valence-electron chi connectivity index (χ2n) is 7.12. The Morgan fingerprint density at radius 3 is 2.71 bits per heavy atom. The first-order valence-electron chi connectivity index (χ1n) is 9.43. The van der Waals surface area contributed by atoms with E-state index in [0.717, 1.165) is 63.1 Å². The van der Waals surface area contributed by atoms with Gasteiger partial charge in [0, 0.05) is 32.1 Å². The van der Waals surface area contributed by atoms with Gasteiger partial charge in [0.1, 0.15) is 0 Å². The van der Waals surface area contributed by atoms with Crippen LogP contribution in [-0.2, 0) is 6.54 Å². The van der Waals surface area contributed by atoms with E-state index in [1.807, 2.05) is 4.68 Å². The van der Waals surface area contributed by atoms with Gasteiger partial charge >= 0.3 is 0 Å². The molecule has 1 aliphatic heterocycles. The number of carbonyl (C=O) groups excluding carboxylic acids is 1. The van der Waals surface area contributed by atoms with E-state index in [4.69, 9.17) is 0 Å². The van der Waals surface area contributed by atoms with Gasteiger partial charge in [0.15, 0.2) is 0 Å². The molecule has 2 fully saturated rings. The predicted octanol–water partition coefficient (Wildman–Crippen LogP) is 1.75. The smallest absolute Gasteiger partial charge is 0.254 e. The standard InChI is InChI=1S/C18H30N4O2/c1-2-9-22-17(14-4-5-14)16(13-20-22)18(24)19-8-3-10-21-11-6-15(23)7-12-21/h13-15,23H,2-12H2,1H3,(H,19,24). The number of aliphatic hydroxyl groups excluding tert-OH is 1. The molecule has 24 heavy (non-hydrogen) atoms. The third kappa shape index (κ3) is 4.36. The molecule has 0 unspecified atom stereocenters. The van der Waals surface area contributed by atoms with Gasteiger partial charge in [-0.3, -0.25) is 9.48 Å². The lowest BCUT2D eigenvalue weighted by Crippen LogP contribution is -2.37. The highest BCUT2D eigenvalue weighted by molar-refractivity contribution is 5.95. The summed E-state index contributed by atoms with van der Waals surface area (Å²) in [5.74, 6) is 0.549. The van der Waals surface area contributed by atoms with Gasteiger partial charge < -0.3 is 15.3 Å². The van der Waals surface area contributed by atoms with Crippen LogP contribution in [0.4, 0.5) is 0 Å². The molecule has 6 heteroatoms. The number of amides is 1. The van der Waals surface area contributed by atoms with Gasteiger partial charge in [0.05, 0.1) is 23.6 Å². The van der Waals surface area contributed by atoms with Crippen LogP contribution in [-0.4, -0.2) is 58.0 Å². The molecule has 1 aromatic heterocycles. The van der Waals surface area contributed by atoms with E-state index in [9.17, 15) is 9.90 Å². The lowest BCUT2D eigenvalue weighted by Gasteiger charge is -2.29. The number of aliphatic hydroxyl groups is 1.